The quantitative estimate of drug-likeness (QED) is 0.534. The maximum atomic E-state index is 8.91. The summed E-state index contributed by atoms with van der Waals surface area (Å²) >= 11 is 0. The second kappa shape index (κ2) is 4.27. The topological polar surface area (TPSA) is 32.6 Å². The molecule has 0 aromatic heterocycles. The average molecular weight is 189 g/mol. The van der Waals surface area contributed by atoms with Crippen molar-refractivity contribution in [1.29, 1.82) is 0 Å². The van der Waals surface area contributed by atoms with Crippen molar-refractivity contribution in [2.75, 3.05) is 0 Å². The highest BCUT2D eigenvalue weighted by atomic mass is 16.4. The number of hydrogen-bond donors (Lipinski definition) is 1. The fourth-order valence-electron chi connectivity index (χ4n) is 2.16. The smallest absolute Gasteiger partial charge is 0.0645 e. The Hall–Kier alpha value is -1.31. The van der Waals surface area contributed by atoms with Crippen LogP contribution in [0.2, 0.25) is 0 Å². The van der Waals surface area contributed by atoms with Crippen molar-refractivity contribution in [2.24, 2.45) is 5.16 Å². The molecule has 1 aromatic carbocycles. The van der Waals surface area contributed by atoms with E-state index in [2.05, 4.69) is 17.3 Å². The third-order valence-electron chi connectivity index (χ3n) is 2.91. The number of benzene rings is 1. The SMILES string of the molecule is O/N=C1/CCCCC1c1ccccc1. The van der Waals surface area contributed by atoms with E-state index in [9.17, 15) is 0 Å². The van der Waals surface area contributed by atoms with E-state index >= 15 is 0 Å². The van der Waals surface area contributed by atoms with Crippen LogP contribution in [0.3, 0.4) is 0 Å². The van der Waals surface area contributed by atoms with Crippen molar-refractivity contribution < 1.29 is 5.21 Å². The predicted molar refractivity (Wildman–Crippen MR) is 56.9 cm³/mol. The molecule has 2 nitrogen and oxygen atoms in total. The minimum Gasteiger partial charge on any atom is -0.411 e. The second-order valence-corrected chi connectivity index (χ2v) is 3.80. The van der Waals surface area contributed by atoms with Gasteiger partial charge in [-0.1, -0.05) is 41.9 Å². The van der Waals surface area contributed by atoms with Crippen molar-refractivity contribution in [3.05, 3.63) is 35.9 Å². The van der Waals surface area contributed by atoms with E-state index in [1.54, 1.807) is 0 Å². The number of nitrogens with zero attached hydrogens (tertiary/aromatic N) is 1. The largest absolute Gasteiger partial charge is 0.411 e. The summed E-state index contributed by atoms with van der Waals surface area (Å²) in [5, 5.41) is 12.3. The van der Waals surface area contributed by atoms with Crippen LogP contribution in [0.15, 0.2) is 35.5 Å². The summed E-state index contributed by atoms with van der Waals surface area (Å²) in [6, 6.07) is 10.3. The molecule has 1 atom stereocenters. The molecule has 0 heterocycles. The molecule has 0 saturated heterocycles. The van der Waals surface area contributed by atoms with E-state index in [4.69, 9.17) is 5.21 Å². The Morgan fingerprint density at radius 3 is 2.64 bits per heavy atom. The van der Waals surface area contributed by atoms with Gasteiger partial charge in [-0.2, -0.15) is 0 Å². The Bertz CT molecular complexity index is 318. The third kappa shape index (κ3) is 1.79. The molecule has 1 aromatic rings. The van der Waals surface area contributed by atoms with Gasteiger partial charge in [0.25, 0.3) is 0 Å². The van der Waals surface area contributed by atoms with Gasteiger partial charge in [0.05, 0.1) is 5.71 Å². The Morgan fingerprint density at radius 2 is 1.93 bits per heavy atom. The highest BCUT2D eigenvalue weighted by Crippen LogP contribution is 2.30. The molecule has 0 aliphatic heterocycles. The zero-order valence-electron chi connectivity index (χ0n) is 8.19. The van der Waals surface area contributed by atoms with Gasteiger partial charge in [-0.3, -0.25) is 0 Å². The highest BCUT2D eigenvalue weighted by molar-refractivity contribution is 5.91. The van der Waals surface area contributed by atoms with E-state index < -0.39 is 0 Å². The number of hydrogen-bond acceptors (Lipinski definition) is 2. The van der Waals surface area contributed by atoms with Crippen LogP contribution < -0.4 is 0 Å². The summed E-state index contributed by atoms with van der Waals surface area (Å²) in [5.41, 5.74) is 2.22. The van der Waals surface area contributed by atoms with Gasteiger partial charge in [0, 0.05) is 5.92 Å². The molecule has 0 radical (unpaired) electrons. The molecule has 1 saturated carbocycles. The lowest BCUT2D eigenvalue weighted by atomic mass is 9.82. The molecule has 2 rings (SSSR count). The summed E-state index contributed by atoms with van der Waals surface area (Å²) in [4.78, 5) is 0. The van der Waals surface area contributed by atoms with Gasteiger partial charge in [0.1, 0.15) is 0 Å². The first-order valence-electron chi connectivity index (χ1n) is 5.17. The molecule has 14 heavy (non-hydrogen) atoms. The lowest BCUT2D eigenvalue weighted by Crippen LogP contribution is -2.17. The molecular weight excluding hydrogens is 174 g/mol. The van der Waals surface area contributed by atoms with Crippen LogP contribution in [0.5, 0.6) is 0 Å². The standard InChI is InChI=1S/C12H15NO/c14-13-12-9-5-4-8-11(12)10-6-2-1-3-7-10/h1-3,6-7,11,14H,4-5,8-9H2/b13-12-. The van der Waals surface area contributed by atoms with E-state index in [-0.39, 0.29) is 0 Å². The van der Waals surface area contributed by atoms with Gasteiger partial charge in [-0.25, -0.2) is 0 Å². The molecule has 0 bridgehead atoms. The molecular formula is C12H15NO. The molecule has 1 fully saturated rings. The van der Waals surface area contributed by atoms with Crippen molar-refractivity contribution >= 4 is 5.71 Å². The van der Waals surface area contributed by atoms with Gasteiger partial charge in [-0.05, 0) is 24.8 Å². The Labute approximate surface area is 84.3 Å². The first-order chi connectivity index (χ1) is 6.92. The normalized spacial score (nSPS) is 25.1. The molecule has 0 spiro atoms. The predicted octanol–water partition coefficient (Wildman–Crippen LogP) is 3.17. The van der Waals surface area contributed by atoms with Gasteiger partial charge >= 0.3 is 0 Å². The van der Waals surface area contributed by atoms with Crippen LogP contribution in [0.25, 0.3) is 0 Å². The fraction of sp³-hybridized carbons (Fsp3) is 0.417. The van der Waals surface area contributed by atoms with Crippen LogP contribution in [-0.2, 0) is 0 Å². The molecule has 1 aliphatic carbocycles. The van der Waals surface area contributed by atoms with Gasteiger partial charge in [0.15, 0.2) is 0 Å². The summed E-state index contributed by atoms with van der Waals surface area (Å²) in [5.74, 6) is 0.343. The Morgan fingerprint density at radius 1 is 1.14 bits per heavy atom. The maximum absolute atomic E-state index is 8.91. The average Bonchev–Trinajstić information content (AvgIpc) is 2.30. The molecule has 74 valence electrons. The number of rotatable bonds is 1. The lowest BCUT2D eigenvalue weighted by Gasteiger charge is -2.23. The monoisotopic (exact) mass is 189 g/mol. The molecule has 0 amide bonds. The summed E-state index contributed by atoms with van der Waals surface area (Å²) < 4.78 is 0. The maximum Gasteiger partial charge on any atom is 0.0645 e. The van der Waals surface area contributed by atoms with Crippen LogP contribution >= 0.6 is 0 Å². The minimum atomic E-state index is 0.343. The van der Waals surface area contributed by atoms with Crippen LogP contribution in [0, 0.1) is 0 Å². The zero-order chi connectivity index (χ0) is 9.80. The Balaban J connectivity index is 2.24. The molecule has 1 unspecified atom stereocenters. The first kappa shape index (κ1) is 9.25. The molecule has 1 aliphatic rings. The summed E-state index contributed by atoms with van der Waals surface area (Å²) in [6.45, 7) is 0. The van der Waals surface area contributed by atoms with Gasteiger partial charge < -0.3 is 5.21 Å². The van der Waals surface area contributed by atoms with Crippen molar-refractivity contribution in [1.82, 2.24) is 0 Å². The summed E-state index contributed by atoms with van der Waals surface area (Å²) in [7, 11) is 0. The van der Waals surface area contributed by atoms with E-state index in [0.717, 1.165) is 25.0 Å². The van der Waals surface area contributed by atoms with Crippen molar-refractivity contribution in [3.8, 4) is 0 Å². The van der Waals surface area contributed by atoms with E-state index in [0.29, 0.717) is 5.92 Å². The fourth-order valence-corrected chi connectivity index (χ4v) is 2.16. The summed E-state index contributed by atoms with van der Waals surface area (Å²) in [6.07, 6.45) is 4.45. The van der Waals surface area contributed by atoms with Crippen molar-refractivity contribution in [3.63, 3.8) is 0 Å². The first-order valence-corrected chi connectivity index (χ1v) is 5.17. The van der Waals surface area contributed by atoms with E-state index in [1.807, 2.05) is 18.2 Å². The van der Waals surface area contributed by atoms with E-state index in [1.165, 1.54) is 12.0 Å². The molecule has 1 N–H and O–H groups in total. The number of oxime groups is 1. The minimum absolute atomic E-state index is 0.343. The molecule has 2 heteroatoms. The van der Waals surface area contributed by atoms with Gasteiger partial charge in [-0.15, -0.1) is 0 Å². The third-order valence-corrected chi connectivity index (χ3v) is 2.91. The zero-order valence-corrected chi connectivity index (χ0v) is 8.19. The van der Waals surface area contributed by atoms with Gasteiger partial charge in [0.2, 0.25) is 0 Å². The van der Waals surface area contributed by atoms with Crippen LogP contribution in [0.4, 0.5) is 0 Å². The Kier molecular flexibility index (Phi) is 2.82. The highest BCUT2D eigenvalue weighted by Gasteiger charge is 2.22. The van der Waals surface area contributed by atoms with Crippen LogP contribution in [-0.4, -0.2) is 10.9 Å². The lowest BCUT2D eigenvalue weighted by molar-refractivity contribution is 0.312. The second-order valence-electron chi connectivity index (χ2n) is 3.80. The van der Waals surface area contributed by atoms with Crippen molar-refractivity contribution in [2.45, 2.75) is 31.6 Å². The van der Waals surface area contributed by atoms with Crippen LogP contribution in [0.1, 0.15) is 37.2 Å².